The van der Waals surface area contributed by atoms with Crippen molar-refractivity contribution in [2.45, 2.75) is 51.6 Å². The van der Waals surface area contributed by atoms with Crippen LogP contribution in [0.15, 0.2) is 28.7 Å². The molecule has 1 aliphatic rings. The predicted octanol–water partition coefficient (Wildman–Crippen LogP) is 4.22. The van der Waals surface area contributed by atoms with Crippen LogP contribution < -0.4 is 5.32 Å². The molecule has 3 atom stereocenters. The summed E-state index contributed by atoms with van der Waals surface area (Å²) in [6, 6.07) is 8.93. The van der Waals surface area contributed by atoms with E-state index < -0.39 is 0 Å². The lowest BCUT2D eigenvalue weighted by Gasteiger charge is -2.31. The summed E-state index contributed by atoms with van der Waals surface area (Å²) >= 11 is 3.60. The normalized spacial score (nSPS) is 23.6. The first-order valence-corrected chi connectivity index (χ1v) is 8.58. The number of hydrogen-bond donors (Lipinski definition) is 1. The van der Waals surface area contributed by atoms with Crippen molar-refractivity contribution in [3.05, 3.63) is 34.3 Å². The van der Waals surface area contributed by atoms with Crippen molar-refractivity contribution in [3.63, 3.8) is 0 Å². The summed E-state index contributed by atoms with van der Waals surface area (Å²) < 4.78 is 6.29. The van der Waals surface area contributed by atoms with Crippen molar-refractivity contribution in [1.82, 2.24) is 5.32 Å². The van der Waals surface area contributed by atoms with Gasteiger partial charge in [-0.3, -0.25) is 4.79 Å². The molecule has 0 aliphatic heterocycles. The number of hydrogen-bond acceptors (Lipinski definition) is 3. The molecule has 3 nitrogen and oxygen atoms in total. The molecule has 1 aromatic carbocycles. The molecule has 0 spiro atoms. The van der Waals surface area contributed by atoms with Crippen molar-refractivity contribution in [1.29, 1.82) is 0 Å². The van der Waals surface area contributed by atoms with Gasteiger partial charge in [0, 0.05) is 16.6 Å². The number of ether oxygens (including phenoxy) is 1. The van der Waals surface area contributed by atoms with Crippen LogP contribution >= 0.6 is 15.9 Å². The molecule has 2 unspecified atom stereocenters. The Balaban J connectivity index is 1.93. The number of nitrogens with one attached hydrogen (secondary N) is 1. The fourth-order valence-electron chi connectivity index (χ4n) is 3.08. The second-order valence-electron chi connectivity index (χ2n) is 5.72. The van der Waals surface area contributed by atoms with E-state index >= 15 is 0 Å². The molecular formula is C17H24BrNO2. The Kier molecular flexibility index (Phi) is 6.24. The Morgan fingerprint density at radius 3 is 2.90 bits per heavy atom. The highest BCUT2D eigenvalue weighted by atomic mass is 79.9. The molecule has 4 heteroatoms. The van der Waals surface area contributed by atoms with Gasteiger partial charge in [0.05, 0.1) is 12.5 Å². The van der Waals surface area contributed by atoms with Gasteiger partial charge in [0.1, 0.15) is 0 Å². The molecule has 116 valence electrons. The monoisotopic (exact) mass is 353 g/mol. The van der Waals surface area contributed by atoms with Gasteiger partial charge in [-0.05, 0) is 44.7 Å². The molecular weight excluding hydrogens is 330 g/mol. The summed E-state index contributed by atoms with van der Waals surface area (Å²) in [7, 11) is 0. The van der Waals surface area contributed by atoms with Crippen LogP contribution in [0.5, 0.6) is 0 Å². The van der Waals surface area contributed by atoms with Gasteiger partial charge in [0.2, 0.25) is 0 Å². The first-order chi connectivity index (χ1) is 10.1. The molecule has 0 heterocycles. The third-order valence-corrected chi connectivity index (χ3v) is 4.87. The number of halogens is 1. The average Bonchev–Trinajstić information content (AvgIpc) is 2.48. The van der Waals surface area contributed by atoms with Crippen LogP contribution in [0.25, 0.3) is 0 Å². The third kappa shape index (κ3) is 4.55. The minimum absolute atomic E-state index is 0.0301. The molecule has 1 N–H and O–H groups in total. The Hall–Kier alpha value is -0.870. The fraction of sp³-hybridized carbons (Fsp3) is 0.588. The standard InChI is InChI=1S/C17H24BrNO2/c1-3-21-17(20)13-7-6-8-14(11-13)19-12(2)15-9-4-5-10-16(15)18/h4-5,9-10,12-14,19H,3,6-8,11H2,1-2H3/t12-,13?,14?/m0/s1. The third-order valence-electron chi connectivity index (χ3n) is 4.15. The van der Waals surface area contributed by atoms with E-state index in [1.54, 1.807) is 0 Å². The van der Waals surface area contributed by atoms with Gasteiger partial charge in [-0.25, -0.2) is 0 Å². The SMILES string of the molecule is CCOC(=O)C1CCCC(N[C@@H](C)c2ccccc2Br)C1. The maximum Gasteiger partial charge on any atom is 0.308 e. The van der Waals surface area contributed by atoms with Gasteiger partial charge in [-0.15, -0.1) is 0 Å². The highest BCUT2D eigenvalue weighted by Crippen LogP contribution is 2.29. The Labute approximate surface area is 135 Å². The molecule has 0 aromatic heterocycles. The van der Waals surface area contributed by atoms with Gasteiger partial charge < -0.3 is 10.1 Å². The minimum Gasteiger partial charge on any atom is -0.466 e. The van der Waals surface area contributed by atoms with E-state index in [1.165, 1.54) is 5.56 Å². The first-order valence-electron chi connectivity index (χ1n) is 7.79. The molecule has 1 saturated carbocycles. The van der Waals surface area contributed by atoms with Crippen molar-refractivity contribution < 1.29 is 9.53 Å². The van der Waals surface area contributed by atoms with Crippen LogP contribution in [-0.4, -0.2) is 18.6 Å². The molecule has 0 bridgehead atoms. The molecule has 2 rings (SSSR count). The van der Waals surface area contributed by atoms with Crippen LogP contribution in [0.4, 0.5) is 0 Å². The van der Waals surface area contributed by atoms with E-state index in [0.717, 1.165) is 30.2 Å². The average molecular weight is 354 g/mol. The lowest BCUT2D eigenvalue weighted by molar-refractivity contribution is -0.149. The molecule has 21 heavy (non-hydrogen) atoms. The number of carbonyl (C=O) groups excluding carboxylic acids is 1. The summed E-state index contributed by atoms with van der Waals surface area (Å²) in [6.07, 6.45) is 4.06. The zero-order valence-corrected chi connectivity index (χ0v) is 14.4. The summed E-state index contributed by atoms with van der Waals surface area (Å²) in [5, 5.41) is 3.67. The van der Waals surface area contributed by atoms with Crippen LogP contribution in [-0.2, 0) is 9.53 Å². The predicted molar refractivity (Wildman–Crippen MR) is 88.1 cm³/mol. The minimum atomic E-state index is -0.0301. The molecule has 1 aromatic rings. The largest absolute Gasteiger partial charge is 0.466 e. The molecule has 1 aliphatic carbocycles. The van der Waals surface area contributed by atoms with E-state index in [0.29, 0.717) is 12.6 Å². The van der Waals surface area contributed by atoms with E-state index in [4.69, 9.17) is 4.74 Å². The quantitative estimate of drug-likeness (QED) is 0.805. The van der Waals surface area contributed by atoms with Crippen molar-refractivity contribution in [2.75, 3.05) is 6.61 Å². The highest BCUT2D eigenvalue weighted by molar-refractivity contribution is 9.10. The molecule has 0 amide bonds. The molecule has 1 fully saturated rings. The van der Waals surface area contributed by atoms with E-state index in [9.17, 15) is 4.79 Å². The summed E-state index contributed by atoms with van der Waals surface area (Å²) in [5.74, 6) is 0.0279. The van der Waals surface area contributed by atoms with Crippen LogP contribution in [0.1, 0.15) is 51.1 Å². The van der Waals surface area contributed by atoms with E-state index in [2.05, 4.69) is 46.4 Å². The number of benzene rings is 1. The van der Waals surface area contributed by atoms with Gasteiger partial charge in [-0.1, -0.05) is 40.5 Å². The lowest BCUT2D eigenvalue weighted by Crippen LogP contribution is -2.38. The zero-order chi connectivity index (χ0) is 15.2. The fourth-order valence-corrected chi connectivity index (χ4v) is 3.71. The molecule has 0 saturated heterocycles. The van der Waals surface area contributed by atoms with E-state index in [1.807, 2.05) is 13.0 Å². The number of rotatable bonds is 5. The van der Waals surface area contributed by atoms with Crippen molar-refractivity contribution in [3.8, 4) is 0 Å². The highest BCUT2D eigenvalue weighted by Gasteiger charge is 2.29. The summed E-state index contributed by atoms with van der Waals surface area (Å²) in [5.41, 5.74) is 1.26. The maximum atomic E-state index is 11.9. The summed E-state index contributed by atoms with van der Waals surface area (Å²) in [4.78, 5) is 11.9. The van der Waals surface area contributed by atoms with Crippen molar-refractivity contribution in [2.24, 2.45) is 5.92 Å². The second kappa shape index (κ2) is 7.95. The van der Waals surface area contributed by atoms with Gasteiger partial charge >= 0.3 is 5.97 Å². The number of esters is 1. The number of carbonyl (C=O) groups is 1. The van der Waals surface area contributed by atoms with Gasteiger partial charge in [-0.2, -0.15) is 0 Å². The first kappa shape index (κ1) is 16.5. The van der Waals surface area contributed by atoms with Crippen molar-refractivity contribution >= 4 is 21.9 Å². The Morgan fingerprint density at radius 2 is 2.19 bits per heavy atom. The lowest BCUT2D eigenvalue weighted by atomic mass is 9.85. The van der Waals surface area contributed by atoms with Crippen LogP contribution in [0, 0.1) is 5.92 Å². The topological polar surface area (TPSA) is 38.3 Å². The van der Waals surface area contributed by atoms with Gasteiger partial charge in [0.25, 0.3) is 0 Å². The van der Waals surface area contributed by atoms with E-state index in [-0.39, 0.29) is 17.9 Å². The molecule has 0 radical (unpaired) electrons. The summed E-state index contributed by atoms with van der Waals surface area (Å²) in [6.45, 7) is 4.51. The van der Waals surface area contributed by atoms with Crippen LogP contribution in [0.3, 0.4) is 0 Å². The van der Waals surface area contributed by atoms with Gasteiger partial charge in [0.15, 0.2) is 0 Å². The maximum absolute atomic E-state index is 11.9. The zero-order valence-electron chi connectivity index (χ0n) is 12.8. The Bertz CT molecular complexity index is 478. The van der Waals surface area contributed by atoms with Crippen LogP contribution in [0.2, 0.25) is 0 Å². The smallest absolute Gasteiger partial charge is 0.308 e. The second-order valence-corrected chi connectivity index (χ2v) is 6.58. The Morgan fingerprint density at radius 1 is 1.43 bits per heavy atom.